The predicted octanol–water partition coefficient (Wildman–Crippen LogP) is 1.20. The topological polar surface area (TPSA) is 50.1 Å². The molecule has 1 rings (SSSR count). The number of nitrogens with zero attached hydrogens (tertiary/aromatic N) is 2. The van der Waals surface area contributed by atoms with E-state index in [0.29, 0.717) is 17.6 Å². The van der Waals surface area contributed by atoms with E-state index in [4.69, 9.17) is 11.6 Å². The van der Waals surface area contributed by atoms with E-state index in [1.165, 1.54) is 0 Å². The van der Waals surface area contributed by atoms with Crippen LogP contribution < -0.4 is 5.32 Å². The molecule has 1 aromatic rings. The fourth-order valence-corrected chi connectivity index (χ4v) is 1.59. The van der Waals surface area contributed by atoms with Crippen molar-refractivity contribution in [2.75, 3.05) is 6.61 Å². The number of aliphatic hydroxyl groups excluding tert-OH is 1. The van der Waals surface area contributed by atoms with Crippen molar-refractivity contribution in [2.24, 2.45) is 0 Å². The standard InChI is InChI=1S/C10H18ClN3O/c1-7(2)13-9(6-15)5-14-8(3)10(11)4-12-14/h4,7,9,13,15H,5-6H2,1-3H3. The molecule has 0 aromatic carbocycles. The highest BCUT2D eigenvalue weighted by molar-refractivity contribution is 6.31. The smallest absolute Gasteiger partial charge is 0.0814 e. The zero-order chi connectivity index (χ0) is 11.4. The first-order chi connectivity index (χ1) is 7.04. The Bertz CT molecular complexity index is 312. The van der Waals surface area contributed by atoms with Gasteiger partial charge < -0.3 is 10.4 Å². The van der Waals surface area contributed by atoms with Gasteiger partial charge in [-0.3, -0.25) is 4.68 Å². The quantitative estimate of drug-likeness (QED) is 0.801. The first-order valence-corrected chi connectivity index (χ1v) is 5.47. The number of hydrogen-bond acceptors (Lipinski definition) is 3. The van der Waals surface area contributed by atoms with Crippen molar-refractivity contribution in [3.63, 3.8) is 0 Å². The lowest BCUT2D eigenvalue weighted by Crippen LogP contribution is -2.40. The van der Waals surface area contributed by atoms with Crippen LogP contribution in [-0.2, 0) is 6.54 Å². The van der Waals surface area contributed by atoms with Crippen molar-refractivity contribution in [2.45, 2.75) is 39.4 Å². The van der Waals surface area contributed by atoms with Crippen LogP contribution in [0.2, 0.25) is 5.02 Å². The summed E-state index contributed by atoms with van der Waals surface area (Å²) >= 11 is 5.90. The summed E-state index contributed by atoms with van der Waals surface area (Å²) in [5, 5.41) is 17.3. The molecule has 0 aliphatic rings. The molecule has 15 heavy (non-hydrogen) atoms. The Morgan fingerprint density at radius 1 is 1.60 bits per heavy atom. The van der Waals surface area contributed by atoms with Gasteiger partial charge in [0.05, 0.1) is 36.1 Å². The molecule has 0 bridgehead atoms. The van der Waals surface area contributed by atoms with Crippen LogP contribution in [0.1, 0.15) is 19.5 Å². The molecule has 1 atom stereocenters. The molecule has 0 saturated heterocycles. The minimum Gasteiger partial charge on any atom is -0.395 e. The number of aliphatic hydroxyl groups is 1. The van der Waals surface area contributed by atoms with E-state index < -0.39 is 0 Å². The van der Waals surface area contributed by atoms with E-state index >= 15 is 0 Å². The van der Waals surface area contributed by atoms with Crippen LogP contribution in [0.5, 0.6) is 0 Å². The number of aromatic nitrogens is 2. The average Bonchev–Trinajstić information content (AvgIpc) is 2.48. The maximum absolute atomic E-state index is 9.20. The number of rotatable bonds is 5. The zero-order valence-corrected chi connectivity index (χ0v) is 10.1. The molecule has 0 radical (unpaired) electrons. The molecular formula is C10H18ClN3O. The molecule has 1 heterocycles. The molecule has 4 nitrogen and oxygen atoms in total. The number of halogens is 1. The van der Waals surface area contributed by atoms with Gasteiger partial charge in [-0.1, -0.05) is 25.4 Å². The fraction of sp³-hybridized carbons (Fsp3) is 0.700. The molecule has 0 aliphatic carbocycles. The Kier molecular flexibility index (Phi) is 4.57. The van der Waals surface area contributed by atoms with E-state index in [2.05, 4.69) is 10.4 Å². The van der Waals surface area contributed by atoms with Crippen molar-refractivity contribution >= 4 is 11.6 Å². The molecule has 0 fully saturated rings. The highest BCUT2D eigenvalue weighted by Crippen LogP contribution is 2.13. The molecule has 0 aliphatic heterocycles. The minimum atomic E-state index is 0.0136. The maximum atomic E-state index is 9.20. The van der Waals surface area contributed by atoms with Gasteiger partial charge in [0.25, 0.3) is 0 Å². The Morgan fingerprint density at radius 3 is 2.67 bits per heavy atom. The summed E-state index contributed by atoms with van der Waals surface area (Å²) in [6.07, 6.45) is 1.63. The van der Waals surface area contributed by atoms with Crippen molar-refractivity contribution in [3.05, 3.63) is 16.9 Å². The third-order valence-corrected chi connectivity index (χ3v) is 2.60. The molecule has 1 unspecified atom stereocenters. The predicted molar refractivity (Wildman–Crippen MR) is 61.1 cm³/mol. The van der Waals surface area contributed by atoms with Gasteiger partial charge in [0, 0.05) is 6.04 Å². The monoisotopic (exact) mass is 231 g/mol. The SMILES string of the molecule is Cc1c(Cl)cnn1CC(CO)NC(C)C. The Balaban J connectivity index is 2.62. The normalized spacial score (nSPS) is 13.5. The second-order valence-corrected chi connectivity index (χ2v) is 4.37. The van der Waals surface area contributed by atoms with Crippen LogP contribution in [0.3, 0.4) is 0 Å². The van der Waals surface area contributed by atoms with Gasteiger partial charge in [-0.05, 0) is 6.92 Å². The fourth-order valence-electron chi connectivity index (χ4n) is 1.45. The summed E-state index contributed by atoms with van der Waals surface area (Å²) in [5.41, 5.74) is 0.931. The number of hydrogen-bond donors (Lipinski definition) is 2. The zero-order valence-electron chi connectivity index (χ0n) is 9.37. The van der Waals surface area contributed by atoms with E-state index in [0.717, 1.165) is 5.69 Å². The molecule has 0 spiro atoms. The summed E-state index contributed by atoms with van der Waals surface area (Å²) in [5.74, 6) is 0. The Hall–Kier alpha value is -0.580. The van der Waals surface area contributed by atoms with Crippen LogP contribution in [0, 0.1) is 6.92 Å². The molecular weight excluding hydrogens is 214 g/mol. The van der Waals surface area contributed by atoms with Gasteiger partial charge in [0.2, 0.25) is 0 Å². The van der Waals surface area contributed by atoms with E-state index in [-0.39, 0.29) is 12.6 Å². The molecule has 2 N–H and O–H groups in total. The summed E-state index contributed by atoms with van der Waals surface area (Å²) < 4.78 is 1.80. The highest BCUT2D eigenvalue weighted by atomic mass is 35.5. The van der Waals surface area contributed by atoms with E-state index in [9.17, 15) is 5.11 Å². The molecule has 5 heteroatoms. The molecule has 1 aromatic heterocycles. The summed E-state index contributed by atoms with van der Waals surface area (Å²) in [6, 6.07) is 0.355. The van der Waals surface area contributed by atoms with Crippen molar-refractivity contribution < 1.29 is 5.11 Å². The van der Waals surface area contributed by atoms with Crippen LogP contribution in [0.15, 0.2) is 6.20 Å². The molecule has 86 valence electrons. The van der Waals surface area contributed by atoms with Gasteiger partial charge >= 0.3 is 0 Å². The first kappa shape index (κ1) is 12.5. The second-order valence-electron chi connectivity index (χ2n) is 3.96. The average molecular weight is 232 g/mol. The largest absolute Gasteiger partial charge is 0.395 e. The van der Waals surface area contributed by atoms with Gasteiger partial charge in [-0.15, -0.1) is 0 Å². The van der Waals surface area contributed by atoms with E-state index in [1.54, 1.807) is 10.9 Å². The van der Waals surface area contributed by atoms with Gasteiger partial charge in [-0.2, -0.15) is 5.10 Å². The van der Waals surface area contributed by atoms with Crippen LogP contribution in [0.4, 0.5) is 0 Å². The Morgan fingerprint density at radius 2 is 2.27 bits per heavy atom. The lowest BCUT2D eigenvalue weighted by molar-refractivity contribution is 0.217. The third kappa shape index (κ3) is 3.48. The van der Waals surface area contributed by atoms with Gasteiger partial charge in [-0.25, -0.2) is 0 Å². The summed E-state index contributed by atoms with van der Waals surface area (Å²) in [6.45, 7) is 6.73. The molecule has 0 saturated carbocycles. The first-order valence-electron chi connectivity index (χ1n) is 5.09. The summed E-state index contributed by atoms with van der Waals surface area (Å²) in [4.78, 5) is 0. The maximum Gasteiger partial charge on any atom is 0.0814 e. The third-order valence-electron chi connectivity index (χ3n) is 2.23. The molecule has 0 amide bonds. The van der Waals surface area contributed by atoms with E-state index in [1.807, 2.05) is 20.8 Å². The number of nitrogens with one attached hydrogen (secondary N) is 1. The van der Waals surface area contributed by atoms with Crippen LogP contribution in [-0.4, -0.2) is 33.6 Å². The van der Waals surface area contributed by atoms with Crippen LogP contribution >= 0.6 is 11.6 Å². The lowest BCUT2D eigenvalue weighted by Gasteiger charge is -2.19. The summed E-state index contributed by atoms with van der Waals surface area (Å²) in [7, 11) is 0. The second kappa shape index (κ2) is 5.49. The Labute approximate surface area is 95.2 Å². The minimum absolute atomic E-state index is 0.0136. The van der Waals surface area contributed by atoms with Gasteiger partial charge in [0.1, 0.15) is 0 Å². The highest BCUT2D eigenvalue weighted by Gasteiger charge is 2.12. The van der Waals surface area contributed by atoms with Crippen molar-refractivity contribution in [1.29, 1.82) is 0 Å². The van der Waals surface area contributed by atoms with Crippen LogP contribution in [0.25, 0.3) is 0 Å². The van der Waals surface area contributed by atoms with Crippen molar-refractivity contribution in [3.8, 4) is 0 Å². The lowest BCUT2D eigenvalue weighted by atomic mass is 10.2. The van der Waals surface area contributed by atoms with Crippen molar-refractivity contribution in [1.82, 2.24) is 15.1 Å². The van der Waals surface area contributed by atoms with Gasteiger partial charge in [0.15, 0.2) is 0 Å².